The van der Waals surface area contributed by atoms with Crippen LogP contribution in [0.2, 0.25) is 10.0 Å². The summed E-state index contributed by atoms with van der Waals surface area (Å²) in [5.74, 6) is -0.964. The number of hydrazone groups is 1. The average Bonchev–Trinajstić information content (AvgIpc) is 3.13. The molecule has 0 atom stereocenters. The molecule has 4 rings (SSSR count). The van der Waals surface area contributed by atoms with E-state index in [1.54, 1.807) is 22.8 Å². The second kappa shape index (κ2) is 12.4. The van der Waals surface area contributed by atoms with Crippen molar-refractivity contribution in [1.82, 2.24) is 9.99 Å². The lowest BCUT2D eigenvalue weighted by Crippen LogP contribution is -2.15. The highest BCUT2D eigenvalue weighted by Gasteiger charge is 2.23. The third-order valence-electron chi connectivity index (χ3n) is 5.62. The van der Waals surface area contributed by atoms with Gasteiger partial charge in [0.15, 0.2) is 0 Å². The Balaban J connectivity index is 0.00000176. The molecule has 0 aliphatic carbocycles. The lowest BCUT2D eigenvalue weighted by atomic mass is 9.92. The Morgan fingerprint density at radius 3 is 2.36 bits per heavy atom. The van der Waals surface area contributed by atoms with Crippen LogP contribution < -0.4 is 5.43 Å². The fourth-order valence-corrected chi connectivity index (χ4v) is 4.46. The van der Waals surface area contributed by atoms with Crippen LogP contribution in [0.3, 0.4) is 0 Å². The normalized spacial score (nSPS) is 11.1. The van der Waals surface area contributed by atoms with Gasteiger partial charge >= 0.3 is 5.97 Å². The van der Waals surface area contributed by atoms with Crippen LogP contribution in [0.25, 0.3) is 10.9 Å². The lowest BCUT2D eigenvalue weighted by Gasteiger charge is -2.14. The van der Waals surface area contributed by atoms with Gasteiger partial charge in [-0.2, -0.15) is 5.10 Å². The van der Waals surface area contributed by atoms with E-state index in [9.17, 15) is 14.7 Å². The molecule has 1 amide bonds. The summed E-state index contributed by atoms with van der Waals surface area (Å²) in [7, 11) is 0. The SMILES string of the molecule is CC.Cc1c(/C(=N/NC=O)c2ccccc2Cc2ccc(Cl)cc2)c2cc(Cl)ccc2n1CC(=O)O. The molecular formula is C28H27Cl2N3O3. The van der Waals surface area contributed by atoms with E-state index in [1.807, 2.05) is 69.3 Å². The van der Waals surface area contributed by atoms with Gasteiger partial charge in [-0.1, -0.05) is 73.4 Å². The first-order valence-corrected chi connectivity index (χ1v) is 12.2. The number of carbonyl (C=O) groups is 2. The minimum atomic E-state index is -0.964. The van der Waals surface area contributed by atoms with E-state index in [2.05, 4.69) is 10.5 Å². The molecule has 1 aromatic heterocycles. The van der Waals surface area contributed by atoms with E-state index >= 15 is 0 Å². The average molecular weight is 524 g/mol. The Bertz CT molecular complexity index is 1410. The number of carbonyl (C=O) groups excluding carboxylic acids is 1. The van der Waals surface area contributed by atoms with Crippen molar-refractivity contribution >= 4 is 52.2 Å². The Morgan fingerprint density at radius 2 is 1.69 bits per heavy atom. The van der Waals surface area contributed by atoms with Crippen molar-refractivity contribution in [1.29, 1.82) is 0 Å². The number of nitrogens with one attached hydrogen (secondary N) is 1. The van der Waals surface area contributed by atoms with Gasteiger partial charge in [0.25, 0.3) is 0 Å². The van der Waals surface area contributed by atoms with Crippen molar-refractivity contribution in [3.8, 4) is 0 Å². The number of fused-ring (bicyclic) bond motifs is 1. The minimum Gasteiger partial charge on any atom is -0.480 e. The molecule has 0 aliphatic heterocycles. The number of benzene rings is 3. The van der Waals surface area contributed by atoms with E-state index < -0.39 is 5.97 Å². The Kier molecular flexibility index (Phi) is 9.28. The molecule has 4 aromatic rings. The predicted octanol–water partition coefficient (Wildman–Crippen LogP) is 6.46. The summed E-state index contributed by atoms with van der Waals surface area (Å²) in [5, 5.41) is 15.8. The summed E-state index contributed by atoms with van der Waals surface area (Å²) in [4.78, 5) is 22.8. The van der Waals surface area contributed by atoms with E-state index in [0.29, 0.717) is 45.4 Å². The number of hydrogen-bond donors (Lipinski definition) is 2. The summed E-state index contributed by atoms with van der Waals surface area (Å²) in [6, 6.07) is 20.7. The number of aromatic nitrogens is 1. The molecule has 186 valence electrons. The molecule has 1 heterocycles. The lowest BCUT2D eigenvalue weighted by molar-refractivity contribution is -0.137. The number of nitrogens with zero attached hydrogens (tertiary/aromatic N) is 2. The number of rotatable bonds is 8. The summed E-state index contributed by atoms with van der Waals surface area (Å²) in [5.41, 5.74) is 7.93. The van der Waals surface area contributed by atoms with Gasteiger partial charge in [0, 0.05) is 37.8 Å². The maximum atomic E-state index is 11.6. The van der Waals surface area contributed by atoms with E-state index in [1.165, 1.54) is 0 Å². The van der Waals surface area contributed by atoms with Gasteiger partial charge in [0.2, 0.25) is 6.41 Å². The van der Waals surface area contributed by atoms with E-state index in [0.717, 1.165) is 22.1 Å². The maximum Gasteiger partial charge on any atom is 0.323 e. The second-order valence-electron chi connectivity index (χ2n) is 7.77. The van der Waals surface area contributed by atoms with Gasteiger partial charge in [-0.15, -0.1) is 0 Å². The Labute approximate surface area is 220 Å². The Hall–Kier alpha value is -3.61. The molecule has 0 bridgehead atoms. The van der Waals surface area contributed by atoms with E-state index in [-0.39, 0.29) is 6.54 Å². The number of carboxylic acid groups (broad SMARTS) is 1. The number of carboxylic acids is 1. The quantitative estimate of drug-likeness (QED) is 0.158. The van der Waals surface area contributed by atoms with Gasteiger partial charge in [0.1, 0.15) is 12.3 Å². The van der Waals surface area contributed by atoms with Crippen LogP contribution in [0.4, 0.5) is 0 Å². The zero-order chi connectivity index (χ0) is 26.2. The molecule has 0 spiro atoms. The van der Waals surface area contributed by atoms with Gasteiger partial charge in [0.05, 0.1) is 0 Å². The van der Waals surface area contributed by atoms with Crippen molar-refractivity contribution < 1.29 is 14.7 Å². The van der Waals surface area contributed by atoms with Crippen LogP contribution in [0.1, 0.15) is 41.8 Å². The molecule has 36 heavy (non-hydrogen) atoms. The summed E-state index contributed by atoms with van der Waals surface area (Å²) < 4.78 is 1.71. The Morgan fingerprint density at radius 1 is 1.03 bits per heavy atom. The van der Waals surface area contributed by atoms with Crippen molar-refractivity contribution in [3.05, 3.63) is 105 Å². The second-order valence-corrected chi connectivity index (χ2v) is 8.64. The van der Waals surface area contributed by atoms with Crippen LogP contribution in [0.5, 0.6) is 0 Å². The molecule has 8 heteroatoms. The summed E-state index contributed by atoms with van der Waals surface area (Å²) in [6.45, 7) is 5.62. The van der Waals surface area contributed by atoms with E-state index in [4.69, 9.17) is 23.2 Å². The van der Waals surface area contributed by atoms with Gasteiger partial charge in [-0.25, -0.2) is 5.43 Å². The topological polar surface area (TPSA) is 83.7 Å². The first kappa shape index (κ1) is 27.0. The highest BCUT2D eigenvalue weighted by atomic mass is 35.5. The van der Waals surface area contributed by atoms with Crippen LogP contribution in [-0.4, -0.2) is 27.8 Å². The minimum absolute atomic E-state index is 0.217. The molecule has 2 N–H and O–H groups in total. The molecule has 0 fully saturated rings. The smallest absolute Gasteiger partial charge is 0.323 e. The number of hydrogen-bond acceptors (Lipinski definition) is 3. The highest BCUT2D eigenvalue weighted by molar-refractivity contribution is 6.32. The van der Waals surface area contributed by atoms with Crippen LogP contribution >= 0.6 is 23.2 Å². The predicted molar refractivity (Wildman–Crippen MR) is 146 cm³/mol. The first-order chi connectivity index (χ1) is 17.4. The number of halogens is 2. The van der Waals surface area contributed by atoms with Gasteiger partial charge in [-0.3, -0.25) is 9.59 Å². The van der Waals surface area contributed by atoms with Crippen molar-refractivity contribution in [2.24, 2.45) is 5.10 Å². The molecule has 0 radical (unpaired) electrons. The third-order valence-corrected chi connectivity index (χ3v) is 6.11. The van der Waals surface area contributed by atoms with Crippen molar-refractivity contribution in [3.63, 3.8) is 0 Å². The number of amides is 1. The fraction of sp³-hybridized carbons (Fsp3) is 0.179. The van der Waals surface area contributed by atoms with Crippen LogP contribution in [0.15, 0.2) is 71.8 Å². The van der Waals surface area contributed by atoms with Crippen LogP contribution in [0, 0.1) is 6.92 Å². The number of aliphatic carboxylic acids is 1. The van der Waals surface area contributed by atoms with Crippen molar-refractivity contribution in [2.45, 2.75) is 33.7 Å². The monoisotopic (exact) mass is 523 g/mol. The van der Waals surface area contributed by atoms with Crippen LogP contribution in [-0.2, 0) is 22.6 Å². The first-order valence-electron chi connectivity index (χ1n) is 11.5. The summed E-state index contributed by atoms with van der Waals surface area (Å²) in [6.07, 6.45) is 1.11. The molecule has 0 saturated carbocycles. The molecule has 3 aromatic carbocycles. The van der Waals surface area contributed by atoms with Gasteiger partial charge < -0.3 is 9.67 Å². The third kappa shape index (κ3) is 5.96. The molecule has 0 saturated heterocycles. The van der Waals surface area contributed by atoms with Crippen molar-refractivity contribution in [2.75, 3.05) is 0 Å². The molecule has 6 nitrogen and oxygen atoms in total. The molecule has 0 aliphatic rings. The summed E-state index contributed by atoms with van der Waals surface area (Å²) >= 11 is 12.4. The van der Waals surface area contributed by atoms with Gasteiger partial charge in [-0.05, 0) is 54.8 Å². The highest BCUT2D eigenvalue weighted by Crippen LogP contribution is 2.32. The zero-order valence-electron chi connectivity index (χ0n) is 20.3. The largest absolute Gasteiger partial charge is 0.480 e. The maximum absolute atomic E-state index is 11.6. The molecule has 0 unspecified atom stereocenters. The molecular weight excluding hydrogens is 497 g/mol. The zero-order valence-corrected chi connectivity index (χ0v) is 21.8. The standard InChI is InChI=1S/C26H21Cl2N3O3.C2H6/c1-16-25(22-13-20(28)10-11-23(22)31(16)14-24(33)34)26(30-29-15-32)21-5-3-2-4-18(21)12-17-6-8-19(27)9-7-17;1-2/h2-11,13,15H,12,14H2,1H3,(H,29,32)(H,33,34);1-2H3/b30-26+;. The fourth-order valence-electron chi connectivity index (χ4n) is 4.16.